The van der Waals surface area contributed by atoms with Gasteiger partial charge in [0.2, 0.25) is 12.1 Å². The Labute approximate surface area is 173 Å². The van der Waals surface area contributed by atoms with Crippen LogP contribution < -0.4 is 16.1 Å². The highest BCUT2D eigenvalue weighted by Crippen LogP contribution is 2.36. The maximum absolute atomic E-state index is 12.4. The van der Waals surface area contributed by atoms with Gasteiger partial charge in [-0.2, -0.15) is 0 Å². The molecule has 2 aliphatic rings. The van der Waals surface area contributed by atoms with Crippen molar-refractivity contribution in [3.63, 3.8) is 0 Å². The van der Waals surface area contributed by atoms with Gasteiger partial charge in [-0.05, 0) is 51.2 Å². The molecule has 1 atom stereocenters. The number of nitrogens with one attached hydrogen (secondary N) is 2. The standard InChI is InChI=1S/C21H32BN3O4/c1-13-11-15(22-28-20(5,6)21(7,8)29-22)10-9-14(13)12-23-17(26)16-24-18(27-25-16)19(2,3)4/h9-11,18H,12H2,1-8H3,(H,23,26)(H,24,25). The highest BCUT2D eigenvalue weighted by Gasteiger charge is 2.51. The number of carbonyl (C=O) groups is 1. The van der Waals surface area contributed by atoms with E-state index >= 15 is 0 Å². The Balaban J connectivity index is 1.60. The fraction of sp³-hybridized carbons (Fsp3) is 0.619. The third kappa shape index (κ3) is 4.43. The molecule has 2 N–H and O–H groups in total. The molecular formula is C21H32BN3O4. The largest absolute Gasteiger partial charge is 0.494 e. The lowest BCUT2D eigenvalue weighted by Crippen LogP contribution is -2.45. The van der Waals surface area contributed by atoms with E-state index in [4.69, 9.17) is 14.1 Å². The van der Waals surface area contributed by atoms with Crippen LogP contribution in [0.3, 0.4) is 0 Å². The smallest absolute Gasteiger partial charge is 0.399 e. The lowest BCUT2D eigenvalue weighted by atomic mass is 9.78. The summed E-state index contributed by atoms with van der Waals surface area (Å²) >= 11 is 0. The van der Waals surface area contributed by atoms with E-state index < -0.39 is 7.12 Å². The molecule has 8 heteroatoms. The van der Waals surface area contributed by atoms with E-state index in [9.17, 15) is 4.79 Å². The van der Waals surface area contributed by atoms with Crippen LogP contribution in [-0.2, 0) is 25.5 Å². The van der Waals surface area contributed by atoms with Gasteiger partial charge in [0.15, 0.2) is 0 Å². The summed E-state index contributed by atoms with van der Waals surface area (Å²) in [6.07, 6.45) is -0.316. The van der Waals surface area contributed by atoms with Gasteiger partial charge in [-0.25, -0.2) is 0 Å². The quantitative estimate of drug-likeness (QED) is 0.757. The molecule has 158 valence electrons. The zero-order chi connectivity index (χ0) is 21.6. The minimum absolute atomic E-state index is 0.161. The van der Waals surface area contributed by atoms with E-state index in [1.54, 1.807) is 0 Å². The number of rotatable bonds is 4. The van der Waals surface area contributed by atoms with Gasteiger partial charge in [0.05, 0.1) is 11.2 Å². The molecule has 0 saturated carbocycles. The predicted octanol–water partition coefficient (Wildman–Crippen LogP) is 2.22. The summed E-state index contributed by atoms with van der Waals surface area (Å²) in [6, 6.07) is 6.03. The molecule has 29 heavy (non-hydrogen) atoms. The molecule has 1 fully saturated rings. The molecule has 1 amide bonds. The monoisotopic (exact) mass is 401 g/mol. The molecule has 2 aliphatic heterocycles. The van der Waals surface area contributed by atoms with Crippen molar-refractivity contribution in [1.29, 1.82) is 0 Å². The van der Waals surface area contributed by atoms with Crippen LogP contribution in [0.25, 0.3) is 0 Å². The lowest BCUT2D eigenvalue weighted by molar-refractivity contribution is -0.115. The fourth-order valence-corrected chi connectivity index (χ4v) is 3.07. The van der Waals surface area contributed by atoms with Crippen LogP contribution in [0.2, 0.25) is 0 Å². The number of nitrogens with zero attached hydrogens (tertiary/aromatic N) is 1. The molecule has 0 aromatic heterocycles. The molecule has 0 spiro atoms. The number of aryl methyl sites for hydroxylation is 1. The number of benzene rings is 1. The van der Waals surface area contributed by atoms with Crippen LogP contribution in [0, 0.1) is 12.3 Å². The van der Waals surface area contributed by atoms with Crippen molar-refractivity contribution in [3.05, 3.63) is 29.3 Å². The Hall–Kier alpha value is -2.06. The van der Waals surface area contributed by atoms with E-state index in [2.05, 4.69) is 15.8 Å². The fourth-order valence-electron chi connectivity index (χ4n) is 3.07. The van der Waals surface area contributed by atoms with Crippen molar-refractivity contribution in [2.24, 2.45) is 10.6 Å². The van der Waals surface area contributed by atoms with Crippen LogP contribution in [0.1, 0.15) is 59.6 Å². The van der Waals surface area contributed by atoms with Crippen LogP contribution in [0.15, 0.2) is 23.4 Å². The molecular weight excluding hydrogens is 369 g/mol. The number of amides is 1. The molecule has 1 saturated heterocycles. The van der Waals surface area contributed by atoms with Crippen molar-refractivity contribution in [2.45, 2.75) is 79.4 Å². The van der Waals surface area contributed by atoms with Crippen LogP contribution in [0.5, 0.6) is 0 Å². The molecule has 1 aromatic carbocycles. The van der Waals surface area contributed by atoms with Gasteiger partial charge >= 0.3 is 7.12 Å². The maximum atomic E-state index is 12.4. The van der Waals surface area contributed by atoms with Gasteiger partial charge in [-0.15, -0.1) is 0 Å². The Morgan fingerprint density at radius 3 is 2.34 bits per heavy atom. The van der Waals surface area contributed by atoms with Crippen LogP contribution >= 0.6 is 0 Å². The summed E-state index contributed by atoms with van der Waals surface area (Å²) in [7, 11) is -0.397. The molecule has 0 bridgehead atoms. The van der Waals surface area contributed by atoms with Gasteiger partial charge in [0.1, 0.15) is 0 Å². The van der Waals surface area contributed by atoms with Crippen LogP contribution in [-0.4, -0.2) is 36.3 Å². The lowest BCUT2D eigenvalue weighted by Gasteiger charge is -2.32. The number of amidine groups is 1. The number of hydrogen-bond donors (Lipinski definition) is 2. The summed E-state index contributed by atoms with van der Waals surface area (Å²) < 4.78 is 12.2. The van der Waals surface area contributed by atoms with E-state index in [-0.39, 0.29) is 34.6 Å². The Kier molecular flexibility index (Phi) is 5.47. The summed E-state index contributed by atoms with van der Waals surface area (Å²) in [5.74, 6) is -0.0809. The average Bonchev–Trinajstić information content (AvgIpc) is 3.16. The second-order valence-corrected chi connectivity index (χ2v) is 9.89. The maximum Gasteiger partial charge on any atom is 0.494 e. The topological polar surface area (TPSA) is 81.2 Å². The Morgan fingerprint density at radius 1 is 1.21 bits per heavy atom. The van der Waals surface area contributed by atoms with Crippen LogP contribution in [0.4, 0.5) is 0 Å². The Bertz CT molecular complexity index is 814. The Morgan fingerprint density at radius 2 is 1.83 bits per heavy atom. The first-order valence-corrected chi connectivity index (χ1v) is 10.0. The summed E-state index contributed by atoms with van der Waals surface area (Å²) in [5.41, 5.74) is 2.14. The molecule has 1 aromatic rings. The highest BCUT2D eigenvalue weighted by atomic mass is 16.7. The molecule has 2 heterocycles. The highest BCUT2D eigenvalue weighted by molar-refractivity contribution is 6.62. The van der Waals surface area contributed by atoms with Gasteiger partial charge < -0.3 is 24.8 Å². The molecule has 3 rings (SSSR count). The van der Waals surface area contributed by atoms with Crippen molar-refractivity contribution in [3.8, 4) is 0 Å². The van der Waals surface area contributed by atoms with Gasteiger partial charge in [-0.1, -0.05) is 44.1 Å². The molecule has 7 nitrogen and oxygen atoms in total. The summed E-state index contributed by atoms with van der Waals surface area (Å²) in [4.78, 5) is 17.7. The first-order chi connectivity index (χ1) is 13.3. The third-order valence-electron chi connectivity index (χ3n) is 5.85. The second kappa shape index (κ2) is 7.33. The van der Waals surface area contributed by atoms with Crippen molar-refractivity contribution >= 4 is 24.3 Å². The predicted molar refractivity (Wildman–Crippen MR) is 114 cm³/mol. The van der Waals surface area contributed by atoms with Crippen molar-refractivity contribution in [2.75, 3.05) is 0 Å². The third-order valence-corrected chi connectivity index (χ3v) is 5.85. The molecule has 1 unspecified atom stereocenters. The zero-order valence-electron chi connectivity index (χ0n) is 18.7. The number of oxime groups is 1. The van der Waals surface area contributed by atoms with Crippen molar-refractivity contribution < 1.29 is 18.9 Å². The second-order valence-electron chi connectivity index (χ2n) is 9.89. The number of carbonyl (C=O) groups excluding carboxylic acids is 1. The minimum atomic E-state index is -0.397. The summed E-state index contributed by atoms with van der Waals surface area (Å²) in [5, 5.41) is 9.79. The number of hydrogen-bond acceptors (Lipinski definition) is 6. The first kappa shape index (κ1) is 21.6. The van der Waals surface area contributed by atoms with Gasteiger partial charge in [-0.3, -0.25) is 4.79 Å². The van der Waals surface area contributed by atoms with E-state index in [1.165, 1.54) is 0 Å². The van der Waals surface area contributed by atoms with E-state index in [0.717, 1.165) is 16.6 Å². The minimum Gasteiger partial charge on any atom is -0.399 e. The van der Waals surface area contributed by atoms with Gasteiger partial charge in [0.25, 0.3) is 5.91 Å². The zero-order valence-corrected chi connectivity index (χ0v) is 18.7. The SMILES string of the molecule is Cc1cc(B2OC(C)(C)C(C)(C)O2)ccc1CNC(=O)C1=NOC(C(C)(C)C)N1. The van der Waals surface area contributed by atoms with E-state index in [0.29, 0.717) is 6.54 Å². The average molecular weight is 401 g/mol. The van der Waals surface area contributed by atoms with Crippen molar-refractivity contribution in [1.82, 2.24) is 10.6 Å². The molecule has 0 aliphatic carbocycles. The van der Waals surface area contributed by atoms with E-state index in [1.807, 2.05) is 73.6 Å². The molecule has 0 radical (unpaired) electrons. The normalized spacial score (nSPS) is 22.7. The van der Waals surface area contributed by atoms with Gasteiger partial charge in [0, 0.05) is 12.0 Å². The summed E-state index contributed by atoms with van der Waals surface area (Å²) in [6.45, 7) is 16.6. The first-order valence-electron chi connectivity index (χ1n) is 10.0.